The molecule has 0 atom stereocenters. The summed E-state index contributed by atoms with van der Waals surface area (Å²) in [4.78, 5) is 12.6. The van der Waals surface area contributed by atoms with Crippen LogP contribution >= 0.6 is 0 Å². The standard InChI is InChI=1S/C18H14O2/c1-20-17-12-15-10-6-5-9-14(15)11-16(17)18(19)13-7-3-2-4-8-13/h2-12H,1H3. The third-order valence-corrected chi connectivity index (χ3v) is 3.35. The lowest BCUT2D eigenvalue weighted by molar-refractivity contribution is 0.103. The van der Waals surface area contributed by atoms with Crippen LogP contribution in [0.4, 0.5) is 0 Å². The Hall–Kier alpha value is -2.61. The van der Waals surface area contributed by atoms with Crippen LogP contribution < -0.4 is 4.74 Å². The minimum absolute atomic E-state index is 0.0202. The normalized spacial score (nSPS) is 10.4. The highest BCUT2D eigenvalue weighted by atomic mass is 16.5. The quantitative estimate of drug-likeness (QED) is 0.665. The van der Waals surface area contributed by atoms with Crippen LogP contribution in [-0.2, 0) is 0 Å². The predicted octanol–water partition coefficient (Wildman–Crippen LogP) is 4.08. The highest BCUT2D eigenvalue weighted by Crippen LogP contribution is 2.27. The molecule has 3 aromatic carbocycles. The van der Waals surface area contributed by atoms with Crippen molar-refractivity contribution in [3.05, 3.63) is 77.9 Å². The fourth-order valence-corrected chi connectivity index (χ4v) is 2.31. The van der Waals surface area contributed by atoms with E-state index in [0.717, 1.165) is 10.8 Å². The van der Waals surface area contributed by atoms with Gasteiger partial charge >= 0.3 is 0 Å². The van der Waals surface area contributed by atoms with Crippen LogP contribution in [0.25, 0.3) is 10.8 Å². The summed E-state index contributed by atoms with van der Waals surface area (Å²) in [5.41, 5.74) is 1.26. The monoisotopic (exact) mass is 262 g/mol. The number of hydrogen-bond acceptors (Lipinski definition) is 2. The lowest BCUT2D eigenvalue weighted by Gasteiger charge is -2.09. The average molecular weight is 262 g/mol. The molecule has 3 rings (SSSR count). The molecule has 0 radical (unpaired) electrons. The van der Waals surface area contributed by atoms with Crippen LogP contribution in [0.2, 0.25) is 0 Å². The number of benzene rings is 3. The maximum absolute atomic E-state index is 12.6. The van der Waals surface area contributed by atoms with Crippen molar-refractivity contribution >= 4 is 16.6 Å². The summed E-state index contributed by atoms with van der Waals surface area (Å²) < 4.78 is 5.38. The van der Waals surface area contributed by atoms with E-state index in [2.05, 4.69) is 0 Å². The lowest BCUT2D eigenvalue weighted by Crippen LogP contribution is -2.03. The van der Waals surface area contributed by atoms with Crippen molar-refractivity contribution < 1.29 is 9.53 Å². The topological polar surface area (TPSA) is 26.3 Å². The maximum atomic E-state index is 12.6. The Morgan fingerprint density at radius 1 is 0.850 bits per heavy atom. The molecule has 3 aromatic rings. The second kappa shape index (κ2) is 5.17. The summed E-state index contributed by atoms with van der Waals surface area (Å²) >= 11 is 0. The zero-order chi connectivity index (χ0) is 13.9. The summed E-state index contributed by atoms with van der Waals surface area (Å²) in [6.07, 6.45) is 0. The molecule has 98 valence electrons. The van der Waals surface area contributed by atoms with Crippen molar-refractivity contribution in [2.75, 3.05) is 7.11 Å². The van der Waals surface area contributed by atoms with Crippen LogP contribution in [-0.4, -0.2) is 12.9 Å². The Balaban J connectivity index is 2.17. The van der Waals surface area contributed by atoms with Crippen LogP contribution in [0.15, 0.2) is 66.7 Å². The van der Waals surface area contributed by atoms with Gasteiger partial charge in [0, 0.05) is 5.56 Å². The number of carbonyl (C=O) groups is 1. The van der Waals surface area contributed by atoms with E-state index >= 15 is 0 Å². The second-order valence-corrected chi connectivity index (χ2v) is 4.59. The molecule has 0 aliphatic heterocycles. The molecule has 2 nitrogen and oxygen atoms in total. The highest BCUT2D eigenvalue weighted by molar-refractivity contribution is 6.12. The Bertz CT molecular complexity index is 761. The lowest BCUT2D eigenvalue weighted by atomic mass is 9.99. The number of rotatable bonds is 3. The van der Waals surface area contributed by atoms with Gasteiger partial charge in [-0.1, -0.05) is 54.6 Å². The first-order chi connectivity index (χ1) is 9.79. The Morgan fingerprint density at radius 3 is 2.10 bits per heavy atom. The van der Waals surface area contributed by atoms with Gasteiger partial charge in [-0.25, -0.2) is 0 Å². The second-order valence-electron chi connectivity index (χ2n) is 4.59. The van der Waals surface area contributed by atoms with E-state index in [0.29, 0.717) is 16.9 Å². The molecule has 20 heavy (non-hydrogen) atoms. The van der Waals surface area contributed by atoms with Crippen LogP contribution in [0.5, 0.6) is 5.75 Å². The molecule has 0 bridgehead atoms. The number of hydrogen-bond donors (Lipinski definition) is 0. The van der Waals surface area contributed by atoms with Crippen molar-refractivity contribution in [1.82, 2.24) is 0 Å². The minimum Gasteiger partial charge on any atom is -0.496 e. The number of methoxy groups -OCH3 is 1. The van der Waals surface area contributed by atoms with Crippen LogP contribution in [0.1, 0.15) is 15.9 Å². The molecule has 0 aromatic heterocycles. The van der Waals surface area contributed by atoms with Crippen molar-refractivity contribution in [3.63, 3.8) is 0 Å². The Morgan fingerprint density at radius 2 is 1.45 bits per heavy atom. The molecule has 0 unspecified atom stereocenters. The highest BCUT2D eigenvalue weighted by Gasteiger charge is 2.15. The van der Waals surface area contributed by atoms with Crippen LogP contribution in [0.3, 0.4) is 0 Å². The number of fused-ring (bicyclic) bond motifs is 1. The molecule has 0 saturated carbocycles. The molecular formula is C18H14O2. The van der Waals surface area contributed by atoms with E-state index in [-0.39, 0.29) is 5.78 Å². The van der Waals surface area contributed by atoms with Gasteiger partial charge in [-0.3, -0.25) is 4.79 Å². The molecule has 0 fully saturated rings. The summed E-state index contributed by atoms with van der Waals surface area (Å²) in [6.45, 7) is 0. The van der Waals surface area contributed by atoms with E-state index < -0.39 is 0 Å². The largest absolute Gasteiger partial charge is 0.496 e. The first-order valence-corrected chi connectivity index (χ1v) is 6.46. The summed E-state index contributed by atoms with van der Waals surface area (Å²) in [5.74, 6) is 0.589. The van der Waals surface area contributed by atoms with E-state index in [4.69, 9.17) is 4.74 Å². The van der Waals surface area contributed by atoms with Gasteiger partial charge in [0.25, 0.3) is 0 Å². The molecule has 0 spiro atoms. The molecular weight excluding hydrogens is 248 g/mol. The van der Waals surface area contributed by atoms with Gasteiger partial charge in [0.1, 0.15) is 5.75 Å². The van der Waals surface area contributed by atoms with Gasteiger partial charge < -0.3 is 4.74 Å². The summed E-state index contributed by atoms with van der Waals surface area (Å²) in [7, 11) is 1.59. The smallest absolute Gasteiger partial charge is 0.196 e. The Labute approximate surface area is 117 Å². The van der Waals surface area contributed by atoms with Gasteiger partial charge in [0.15, 0.2) is 5.78 Å². The average Bonchev–Trinajstić information content (AvgIpc) is 2.53. The van der Waals surface area contributed by atoms with Crippen LogP contribution in [0, 0.1) is 0 Å². The van der Waals surface area contributed by atoms with Crippen molar-refractivity contribution in [2.24, 2.45) is 0 Å². The van der Waals surface area contributed by atoms with Crippen molar-refractivity contribution in [3.8, 4) is 5.75 Å². The molecule has 0 amide bonds. The van der Waals surface area contributed by atoms with E-state index in [9.17, 15) is 4.79 Å². The molecule has 0 aliphatic carbocycles. The number of carbonyl (C=O) groups excluding carboxylic acids is 1. The molecule has 2 heteroatoms. The summed E-state index contributed by atoms with van der Waals surface area (Å²) in [6, 6.07) is 21.0. The van der Waals surface area contributed by atoms with Gasteiger partial charge in [-0.05, 0) is 22.9 Å². The molecule has 0 heterocycles. The molecule has 0 N–H and O–H groups in total. The zero-order valence-corrected chi connectivity index (χ0v) is 11.2. The zero-order valence-electron chi connectivity index (χ0n) is 11.2. The molecule has 0 saturated heterocycles. The van der Waals surface area contributed by atoms with Gasteiger partial charge in [0.2, 0.25) is 0 Å². The van der Waals surface area contributed by atoms with Crippen molar-refractivity contribution in [2.45, 2.75) is 0 Å². The van der Waals surface area contributed by atoms with Crippen molar-refractivity contribution in [1.29, 1.82) is 0 Å². The number of ether oxygens (including phenoxy) is 1. The maximum Gasteiger partial charge on any atom is 0.196 e. The van der Waals surface area contributed by atoms with Gasteiger partial charge in [-0.2, -0.15) is 0 Å². The SMILES string of the molecule is COc1cc2ccccc2cc1C(=O)c1ccccc1. The predicted molar refractivity (Wildman–Crippen MR) is 80.4 cm³/mol. The first-order valence-electron chi connectivity index (χ1n) is 6.46. The first kappa shape index (κ1) is 12.4. The fraction of sp³-hybridized carbons (Fsp3) is 0.0556. The van der Waals surface area contributed by atoms with Gasteiger partial charge in [0.05, 0.1) is 12.7 Å². The van der Waals surface area contributed by atoms with E-state index in [1.807, 2.05) is 66.7 Å². The number of ketones is 1. The van der Waals surface area contributed by atoms with Gasteiger partial charge in [-0.15, -0.1) is 0 Å². The third kappa shape index (κ3) is 2.16. The van der Waals surface area contributed by atoms with E-state index in [1.54, 1.807) is 7.11 Å². The van der Waals surface area contributed by atoms with E-state index in [1.165, 1.54) is 0 Å². The fourth-order valence-electron chi connectivity index (χ4n) is 2.31. The summed E-state index contributed by atoms with van der Waals surface area (Å²) in [5, 5.41) is 2.10. The molecule has 0 aliphatic rings. The third-order valence-electron chi connectivity index (χ3n) is 3.35. The minimum atomic E-state index is -0.0202. The Kier molecular flexibility index (Phi) is 3.21.